The van der Waals surface area contributed by atoms with Crippen LogP contribution in [0.25, 0.3) is 27.6 Å². The molecule has 0 N–H and O–H groups in total. The van der Waals surface area contributed by atoms with Crippen molar-refractivity contribution in [1.82, 2.24) is 9.55 Å². The van der Waals surface area contributed by atoms with Crippen molar-refractivity contribution in [2.24, 2.45) is 5.92 Å². The van der Waals surface area contributed by atoms with Crippen molar-refractivity contribution in [3.8, 4) is 17.3 Å². The molecule has 5 heteroatoms. The number of ether oxygens (including phenoxy) is 1. The van der Waals surface area contributed by atoms with Crippen molar-refractivity contribution in [3.63, 3.8) is 0 Å². The van der Waals surface area contributed by atoms with Gasteiger partial charge in [0.05, 0.1) is 22.4 Å². The summed E-state index contributed by atoms with van der Waals surface area (Å²) in [6, 6.07) is 43.8. The summed E-state index contributed by atoms with van der Waals surface area (Å²) < 4.78 is 9.00. The lowest BCUT2D eigenvalue weighted by Crippen LogP contribution is -2.24. The molecule has 268 valence electrons. The number of fused-ring (bicyclic) bond motifs is 4. The molecule has 5 nitrogen and oxygen atoms in total. The van der Waals surface area contributed by atoms with Gasteiger partial charge in [0.25, 0.3) is 0 Å². The Kier molecular flexibility index (Phi) is 8.56. The third-order valence-corrected chi connectivity index (χ3v) is 10.4. The average molecular weight is 699 g/mol. The van der Waals surface area contributed by atoms with Crippen LogP contribution in [0, 0.1) is 5.92 Å². The first-order chi connectivity index (χ1) is 25.3. The van der Waals surface area contributed by atoms with E-state index in [0.29, 0.717) is 12.6 Å². The summed E-state index contributed by atoms with van der Waals surface area (Å²) in [6.45, 7) is 18.8. The summed E-state index contributed by atoms with van der Waals surface area (Å²) in [5.74, 6) is 3.08. The minimum atomic E-state index is 0.00349. The molecule has 0 saturated carbocycles. The lowest BCUT2D eigenvalue weighted by atomic mass is 9.87. The van der Waals surface area contributed by atoms with E-state index in [4.69, 9.17) is 9.72 Å². The second-order valence-electron chi connectivity index (χ2n) is 17.0. The second-order valence-corrected chi connectivity index (χ2v) is 17.0. The zero-order valence-electron chi connectivity index (χ0n) is 32.3. The van der Waals surface area contributed by atoms with Gasteiger partial charge in [0, 0.05) is 40.5 Å². The van der Waals surface area contributed by atoms with E-state index in [1.165, 1.54) is 44.5 Å². The molecule has 7 aromatic rings. The maximum Gasteiger partial charge on any atom is 0.137 e. The highest BCUT2D eigenvalue weighted by atomic mass is 16.5. The fraction of sp³-hybridized carbons (Fsp3) is 0.271. The van der Waals surface area contributed by atoms with Gasteiger partial charge >= 0.3 is 0 Å². The summed E-state index contributed by atoms with van der Waals surface area (Å²) in [5, 5.41) is 2.43. The van der Waals surface area contributed by atoms with E-state index in [1.807, 2.05) is 12.3 Å². The van der Waals surface area contributed by atoms with Crippen LogP contribution in [0.4, 0.5) is 22.7 Å². The van der Waals surface area contributed by atoms with Gasteiger partial charge < -0.3 is 14.5 Å². The average Bonchev–Trinajstić information content (AvgIpc) is 3.67. The monoisotopic (exact) mass is 698 g/mol. The molecule has 0 atom stereocenters. The van der Waals surface area contributed by atoms with Gasteiger partial charge in [-0.2, -0.15) is 0 Å². The zero-order valence-corrected chi connectivity index (χ0v) is 32.3. The van der Waals surface area contributed by atoms with Gasteiger partial charge in [-0.3, -0.25) is 4.57 Å². The molecule has 2 aromatic heterocycles. The van der Waals surface area contributed by atoms with Crippen LogP contribution >= 0.6 is 0 Å². The molecule has 1 aliphatic heterocycles. The molecule has 8 rings (SSSR count). The molecule has 3 heterocycles. The molecule has 0 aliphatic carbocycles. The van der Waals surface area contributed by atoms with Gasteiger partial charge in [0.15, 0.2) is 0 Å². The minimum Gasteiger partial charge on any atom is -0.457 e. The Hall–Kier alpha value is -5.55. The van der Waals surface area contributed by atoms with Crippen LogP contribution in [-0.2, 0) is 17.3 Å². The first-order valence-corrected chi connectivity index (χ1v) is 18.9. The molecule has 1 aliphatic rings. The van der Waals surface area contributed by atoms with Crippen molar-refractivity contribution in [1.29, 1.82) is 0 Å². The van der Waals surface area contributed by atoms with E-state index in [2.05, 4.69) is 185 Å². The van der Waals surface area contributed by atoms with Gasteiger partial charge in [-0.05, 0) is 113 Å². The topological polar surface area (TPSA) is 33.5 Å². The first kappa shape index (κ1) is 34.5. The Labute approximate surface area is 314 Å². The van der Waals surface area contributed by atoms with Crippen molar-refractivity contribution in [2.75, 3.05) is 16.5 Å². The molecule has 0 spiro atoms. The Morgan fingerprint density at radius 2 is 1.26 bits per heavy atom. The van der Waals surface area contributed by atoms with Crippen LogP contribution in [0.15, 0.2) is 128 Å². The van der Waals surface area contributed by atoms with Crippen molar-refractivity contribution in [2.45, 2.75) is 72.6 Å². The Balaban J connectivity index is 1.16. The Morgan fingerprint density at radius 1 is 0.604 bits per heavy atom. The SMILES string of the molecule is CC(C)Cc1ccc2c(c1)c1ccc(Oc3cccc(N4CN(c5cccc(C(C)(C)C)c5)c5ccccc54)c3)cc1n2-c1cc(C(C)(C)C)ccn1. The number of rotatable bonds is 7. The number of hydrogen-bond donors (Lipinski definition) is 0. The number of benzene rings is 5. The van der Waals surface area contributed by atoms with Gasteiger partial charge in [-0.1, -0.05) is 91.8 Å². The van der Waals surface area contributed by atoms with Crippen LogP contribution in [0.2, 0.25) is 0 Å². The smallest absolute Gasteiger partial charge is 0.137 e. The summed E-state index contributed by atoms with van der Waals surface area (Å²) in [5.41, 5.74) is 10.9. The predicted molar refractivity (Wildman–Crippen MR) is 223 cm³/mol. The van der Waals surface area contributed by atoms with E-state index in [0.717, 1.165) is 40.5 Å². The van der Waals surface area contributed by atoms with Crippen molar-refractivity contribution < 1.29 is 4.74 Å². The molecule has 0 unspecified atom stereocenters. The largest absolute Gasteiger partial charge is 0.457 e. The van der Waals surface area contributed by atoms with Crippen LogP contribution in [-0.4, -0.2) is 16.2 Å². The van der Waals surface area contributed by atoms with E-state index in [-0.39, 0.29) is 10.8 Å². The summed E-state index contributed by atoms with van der Waals surface area (Å²) in [4.78, 5) is 9.69. The van der Waals surface area contributed by atoms with E-state index in [1.54, 1.807) is 0 Å². The van der Waals surface area contributed by atoms with E-state index < -0.39 is 0 Å². The maximum atomic E-state index is 6.71. The highest BCUT2D eigenvalue weighted by molar-refractivity contribution is 6.09. The number of para-hydroxylation sites is 2. The van der Waals surface area contributed by atoms with Crippen LogP contribution in [0.5, 0.6) is 11.5 Å². The second kappa shape index (κ2) is 13.1. The number of nitrogens with zero attached hydrogens (tertiary/aromatic N) is 4. The normalized spacial score (nSPS) is 13.4. The molecule has 0 radical (unpaired) electrons. The molecule has 53 heavy (non-hydrogen) atoms. The van der Waals surface area contributed by atoms with Crippen LogP contribution in [0.3, 0.4) is 0 Å². The minimum absolute atomic E-state index is 0.00349. The predicted octanol–water partition coefficient (Wildman–Crippen LogP) is 13.0. The zero-order chi connectivity index (χ0) is 37.1. The lowest BCUT2D eigenvalue weighted by Gasteiger charge is -2.25. The Bertz CT molecular complexity index is 2460. The third kappa shape index (κ3) is 6.65. The van der Waals surface area contributed by atoms with Crippen LogP contribution < -0.4 is 14.5 Å². The molecule has 0 bridgehead atoms. The van der Waals surface area contributed by atoms with Gasteiger partial charge in [-0.25, -0.2) is 4.98 Å². The summed E-state index contributed by atoms with van der Waals surface area (Å²) >= 11 is 0. The fourth-order valence-electron chi connectivity index (χ4n) is 7.61. The molecular weight excluding hydrogens is 649 g/mol. The highest BCUT2D eigenvalue weighted by Gasteiger charge is 2.29. The number of hydrogen-bond acceptors (Lipinski definition) is 4. The van der Waals surface area contributed by atoms with E-state index in [9.17, 15) is 0 Å². The molecule has 0 fully saturated rings. The summed E-state index contributed by atoms with van der Waals surface area (Å²) in [6.07, 6.45) is 2.98. The first-order valence-electron chi connectivity index (χ1n) is 18.9. The highest BCUT2D eigenvalue weighted by Crippen LogP contribution is 2.45. The summed E-state index contributed by atoms with van der Waals surface area (Å²) in [7, 11) is 0. The lowest BCUT2D eigenvalue weighted by molar-refractivity contribution is 0.483. The van der Waals surface area contributed by atoms with Gasteiger partial charge in [-0.15, -0.1) is 0 Å². The fourth-order valence-corrected chi connectivity index (χ4v) is 7.61. The van der Waals surface area contributed by atoms with E-state index >= 15 is 0 Å². The Morgan fingerprint density at radius 3 is 1.96 bits per heavy atom. The van der Waals surface area contributed by atoms with Gasteiger partial charge in [0.2, 0.25) is 0 Å². The molecule has 0 saturated heterocycles. The van der Waals surface area contributed by atoms with Crippen molar-refractivity contribution >= 4 is 44.6 Å². The standard InChI is InChI=1S/C48H50N4O/c1-32(2)25-33-19-22-42-41(26-33)40-21-20-39(30-45(40)52(42)46-28-35(23-24-49-46)48(6,7)8)53-38-16-12-15-37(29-38)51-31-50(43-17-9-10-18-44(43)51)36-14-11-13-34(27-36)47(3,4)5/h9-24,26-30,32H,25,31H2,1-8H3. The third-order valence-electron chi connectivity index (χ3n) is 10.4. The number of pyridine rings is 1. The molecule has 5 aromatic carbocycles. The van der Waals surface area contributed by atoms with Crippen LogP contribution in [0.1, 0.15) is 72.1 Å². The maximum absolute atomic E-state index is 6.71. The van der Waals surface area contributed by atoms with Crippen molar-refractivity contribution in [3.05, 3.63) is 144 Å². The quantitative estimate of drug-likeness (QED) is 0.166. The number of anilines is 4. The number of aromatic nitrogens is 2. The molecular formula is C48H50N4O. The van der Waals surface area contributed by atoms with Gasteiger partial charge in [0.1, 0.15) is 24.0 Å². The molecule has 0 amide bonds.